The summed E-state index contributed by atoms with van der Waals surface area (Å²) in [6.45, 7) is 1.71. The molecule has 0 fully saturated rings. The fourth-order valence-electron chi connectivity index (χ4n) is 2.43. The van der Waals surface area contributed by atoms with Crippen molar-refractivity contribution in [1.82, 2.24) is 15.5 Å². The fourth-order valence-corrected chi connectivity index (χ4v) is 2.43. The predicted octanol–water partition coefficient (Wildman–Crippen LogP) is 2.59. The van der Waals surface area contributed by atoms with Crippen LogP contribution < -0.4 is 10.6 Å². The van der Waals surface area contributed by atoms with Crippen LogP contribution in [-0.2, 0) is 11.2 Å². The Bertz CT molecular complexity index is 932. The van der Waals surface area contributed by atoms with Gasteiger partial charge >= 0.3 is 0 Å². The van der Waals surface area contributed by atoms with Crippen molar-refractivity contribution in [1.29, 1.82) is 0 Å². The van der Waals surface area contributed by atoms with Crippen molar-refractivity contribution >= 4 is 17.5 Å². The summed E-state index contributed by atoms with van der Waals surface area (Å²) in [5, 5.41) is 13.2. The molecule has 0 aliphatic heterocycles. The minimum Gasteiger partial charge on any atom is -0.421 e. The van der Waals surface area contributed by atoms with Gasteiger partial charge in [-0.15, -0.1) is 10.2 Å². The van der Waals surface area contributed by atoms with Crippen molar-refractivity contribution in [3.63, 3.8) is 0 Å². The molecule has 7 nitrogen and oxygen atoms in total. The highest BCUT2D eigenvalue weighted by Crippen LogP contribution is 2.27. The lowest BCUT2D eigenvalue weighted by Gasteiger charge is -2.09. The first-order chi connectivity index (χ1) is 12.6. The molecule has 3 aromatic rings. The average Bonchev–Trinajstić information content (AvgIpc) is 3.08. The van der Waals surface area contributed by atoms with Gasteiger partial charge in [-0.3, -0.25) is 9.59 Å². The van der Waals surface area contributed by atoms with Crippen molar-refractivity contribution in [2.75, 3.05) is 12.4 Å². The maximum absolute atomic E-state index is 12.5. The topological polar surface area (TPSA) is 97.1 Å². The number of para-hydroxylation sites is 1. The van der Waals surface area contributed by atoms with Gasteiger partial charge in [0.2, 0.25) is 17.7 Å². The quantitative estimate of drug-likeness (QED) is 0.737. The summed E-state index contributed by atoms with van der Waals surface area (Å²) in [5.74, 6) is 0.457. The highest BCUT2D eigenvalue weighted by molar-refractivity contribution is 6.06. The molecule has 3 rings (SSSR count). The Hall–Kier alpha value is -3.48. The molecule has 7 heteroatoms. The SMILES string of the molecule is CNC(=O)Cc1ccc(C(=O)Nc2ccccc2-c2nnc(C)o2)cc1. The molecule has 0 spiro atoms. The highest BCUT2D eigenvalue weighted by atomic mass is 16.4. The standard InChI is InChI=1S/C19H18N4O3/c1-12-22-23-19(26-12)15-5-3-4-6-16(15)21-18(25)14-9-7-13(8-10-14)11-17(24)20-2/h3-10H,11H2,1-2H3,(H,20,24)(H,21,25). The number of aromatic nitrogens is 2. The second-order valence-corrected chi connectivity index (χ2v) is 5.67. The van der Waals surface area contributed by atoms with Gasteiger partial charge in [0.1, 0.15) is 0 Å². The van der Waals surface area contributed by atoms with Crippen LogP contribution >= 0.6 is 0 Å². The molecule has 1 heterocycles. The lowest BCUT2D eigenvalue weighted by Crippen LogP contribution is -2.20. The Labute approximate surface area is 150 Å². The summed E-state index contributed by atoms with van der Waals surface area (Å²) in [6, 6.07) is 14.1. The molecule has 0 atom stereocenters. The molecule has 0 saturated carbocycles. The Balaban J connectivity index is 1.77. The van der Waals surface area contributed by atoms with Gasteiger partial charge in [-0.1, -0.05) is 24.3 Å². The van der Waals surface area contributed by atoms with Crippen LogP contribution in [0.1, 0.15) is 21.8 Å². The molecule has 0 radical (unpaired) electrons. The molecule has 0 saturated heterocycles. The molecular formula is C19H18N4O3. The number of rotatable bonds is 5. The zero-order chi connectivity index (χ0) is 18.5. The van der Waals surface area contributed by atoms with Gasteiger partial charge in [0.15, 0.2) is 0 Å². The van der Waals surface area contributed by atoms with E-state index >= 15 is 0 Å². The maximum Gasteiger partial charge on any atom is 0.255 e. The van der Waals surface area contributed by atoms with E-state index in [2.05, 4.69) is 20.8 Å². The first-order valence-electron chi connectivity index (χ1n) is 8.07. The van der Waals surface area contributed by atoms with Crippen LogP contribution in [0.15, 0.2) is 52.9 Å². The van der Waals surface area contributed by atoms with Crippen LogP contribution in [0.3, 0.4) is 0 Å². The molecule has 2 amide bonds. The lowest BCUT2D eigenvalue weighted by atomic mass is 10.1. The van der Waals surface area contributed by atoms with Gasteiger partial charge < -0.3 is 15.1 Å². The van der Waals surface area contributed by atoms with E-state index in [4.69, 9.17) is 4.42 Å². The maximum atomic E-state index is 12.5. The largest absolute Gasteiger partial charge is 0.421 e. The Morgan fingerprint density at radius 2 is 1.77 bits per heavy atom. The van der Waals surface area contributed by atoms with E-state index in [1.807, 2.05) is 12.1 Å². The molecule has 0 aliphatic rings. The number of amides is 2. The van der Waals surface area contributed by atoms with Crippen LogP contribution in [0.2, 0.25) is 0 Å². The van der Waals surface area contributed by atoms with E-state index in [-0.39, 0.29) is 18.2 Å². The Kier molecular flexibility index (Phi) is 5.07. The Morgan fingerprint density at radius 1 is 1.04 bits per heavy atom. The van der Waals surface area contributed by atoms with Crippen molar-refractivity contribution < 1.29 is 14.0 Å². The Morgan fingerprint density at radius 3 is 2.42 bits per heavy atom. The van der Waals surface area contributed by atoms with Crippen molar-refractivity contribution in [2.45, 2.75) is 13.3 Å². The molecule has 2 N–H and O–H groups in total. The summed E-state index contributed by atoms with van der Waals surface area (Å²) in [5.41, 5.74) is 2.55. The van der Waals surface area contributed by atoms with Crippen LogP contribution in [0, 0.1) is 6.92 Å². The van der Waals surface area contributed by atoms with E-state index in [0.717, 1.165) is 5.56 Å². The van der Waals surface area contributed by atoms with Gasteiger partial charge in [0.25, 0.3) is 5.91 Å². The number of anilines is 1. The third-order valence-corrected chi connectivity index (χ3v) is 3.79. The molecule has 26 heavy (non-hydrogen) atoms. The summed E-state index contributed by atoms with van der Waals surface area (Å²) in [4.78, 5) is 23.9. The highest BCUT2D eigenvalue weighted by Gasteiger charge is 2.14. The van der Waals surface area contributed by atoms with E-state index in [1.165, 1.54) is 0 Å². The van der Waals surface area contributed by atoms with E-state index in [1.54, 1.807) is 50.4 Å². The van der Waals surface area contributed by atoms with Gasteiger partial charge in [-0.05, 0) is 29.8 Å². The zero-order valence-corrected chi connectivity index (χ0v) is 14.4. The second kappa shape index (κ2) is 7.60. The van der Waals surface area contributed by atoms with Crippen molar-refractivity contribution in [3.8, 4) is 11.5 Å². The summed E-state index contributed by atoms with van der Waals surface area (Å²) < 4.78 is 5.45. The lowest BCUT2D eigenvalue weighted by molar-refractivity contribution is -0.119. The normalized spacial score (nSPS) is 10.4. The summed E-state index contributed by atoms with van der Waals surface area (Å²) in [6.07, 6.45) is 0.276. The number of hydrogen-bond donors (Lipinski definition) is 2. The summed E-state index contributed by atoms with van der Waals surface area (Å²) in [7, 11) is 1.59. The van der Waals surface area contributed by atoms with Gasteiger partial charge in [0, 0.05) is 19.5 Å². The second-order valence-electron chi connectivity index (χ2n) is 5.67. The molecular weight excluding hydrogens is 332 g/mol. The fraction of sp³-hybridized carbons (Fsp3) is 0.158. The number of hydrogen-bond acceptors (Lipinski definition) is 5. The average molecular weight is 350 g/mol. The first-order valence-corrected chi connectivity index (χ1v) is 8.07. The number of aryl methyl sites for hydroxylation is 1. The number of carbonyl (C=O) groups is 2. The van der Waals surface area contributed by atoms with Crippen LogP contribution in [0.4, 0.5) is 5.69 Å². The van der Waals surface area contributed by atoms with Crippen LogP contribution in [-0.4, -0.2) is 29.1 Å². The molecule has 2 aromatic carbocycles. The zero-order valence-electron chi connectivity index (χ0n) is 14.4. The smallest absolute Gasteiger partial charge is 0.255 e. The molecule has 1 aromatic heterocycles. The molecule has 0 aliphatic carbocycles. The third kappa shape index (κ3) is 3.94. The number of likely N-dealkylation sites (N-methyl/N-ethyl adjacent to an activating group) is 1. The molecule has 0 bridgehead atoms. The number of nitrogens with zero attached hydrogens (tertiary/aromatic N) is 2. The van der Waals surface area contributed by atoms with E-state index in [9.17, 15) is 9.59 Å². The van der Waals surface area contributed by atoms with E-state index < -0.39 is 0 Å². The third-order valence-electron chi connectivity index (χ3n) is 3.79. The minimum absolute atomic E-state index is 0.0778. The van der Waals surface area contributed by atoms with Crippen LogP contribution in [0.5, 0.6) is 0 Å². The molecule has 0 unspecified atom stereocenters. The first kappa shape index (κ1) is 17.3. The van der Waals surface area contributed by atoms with E-state index in [0.29, 0.717) is 28.6 Å². The summed E-state index contributed by atoms with van der Waals surface area (Å²) >= 11 is 0. The monoisotopic (exact) mass is 350 g/mol. The van der Waals surface area contributed by atoms with Crippen molar-refractivity contribution in [3.05, 3.63) is 65.5 Å². The number of carbonyl (C=O) groups excluding carboxylic acids is 2. The van der Waals surface area contributed by atoms with Gasteiger partial charge in [-0.25, -0.2) is 0 Å². The van der Waals surface area contributed by atoms with Gasteiger partial charge in [-0.2, -0.15) is 0 Å². The molecule has 132 valence electrons. The van der Waals surface area contributed by atoms with Crippen molar-refractivity contribution in [2.24, 2.45) is 0 Å². The number of nitrogens with one attached hydrogen (secondary N) is 2. The van der Waals surface area contributed by atoms with Crippen LogP contribution in [0.25, 0.3) is 11.5 Å². The minimum atomic E-state index is -0.264. The van der Waals surface area contributed by atoms with Gasteiger partial charge in [0.05, 0.1) is 17.7 Å². The predicted molar refractivity (Wildman–Crippen MR) is 96.6 cm³/mol. The number of benzene rings is 2.